The minimum atomic E-state index is 0.104. The summed E-state index contributed by atoms with van der Waals surface area (Å²) in [4.78, 5) is 4.58. The molecular formula is C11H8Br3N. The largest absolute Gasteiger partial charge is 0.254 e. The van der Waals surface area contributed by atoms with Gasteiger partial charge >= 0.3 is 0 Å². The Kier molecular flexibility index (Phi) is 3.80. The summed E-state index contributed by atoms with van der Waals surface area (Å²) in [5, 5.41) is 3.20. The van der Waals surface area contributed by atoms with Gasteiger partial charge in [0.1, 0.15) is 3.74 Å². The van der Waals surface area contributed by atoms with Crippen LogP contribution in [0.2, 0.25) is 0 Å². The van der Waals surface area contributed by atoms with E-state index in [0.717, 1.165) is 16.7 Å². The van der Waals surface area contributed by atoms with Crippen molar-refractivity contribution in [2.45, 2.75) is 9.07 Å². The van der Waals surface area contributed by atoms with E-state index < -0.39 is 0 Å². The zero-order valence-corrected chi connectivity index (χ0v) is 12.5. The highest BCUT2D eigenvalue weighted by molar-refractivity contribution is 9.24. The molecule has 0 saturated heterocycles. The molecule has 0 aliphatic heterocycles. The molecule has 0 radical (unpaired) electrons. The zero-order chi connectivity index (χ0) is 10.8. The molecule has 4 heteroatoms. The summed E-state index contributed by atoms with van der Waals surface area (Å²) in [5.41, 5.74) is 2.08. The summed E-state index contributed by atoms with van der Waals surface area (Å²) >= 11 is 10.4. The van der Waals surface area contributed by atoms with Crippen LogP contribution >= 0.6 is 47.8 Å². The third-order valence-electron chi connectivity index (χ3n) is 2.19. The lowest BCUT2D eigenvalue weighted by molar-refractivity contribution is 1.12. The second-order valence-electron chi connectivity index (χ2n) is 3.15. The molecule has 0 saturated carbocycles. The van der Waals surface area contributed by atoms with Crippen molar-refractivity contribution in [3.63, 3.8) is 0 Å². The van der Waals surface area contributed by atoms with E-state index in [4.69, 9.17) is 0 Å². The average Bonchev–Trinajstić information content (AvgIpc) is 2.27. The predicted octanol–water partition coefficient (Wildman–Crippen LogP) is 4.92. The van der Waals surface area contributed by atoms with Gasteiger partial charge in [-0.1, -0.05) is 72.1 Å². The van der Waals surface area contributed by atoms with Crippen LogP contribution in [0.15, 0.2) is 30.3 Å². The number of fused-ring (bicyclic) bond motifs is 1. The molecule has 0 aliphatic carbocycles. The van der Waals surface area contributed by atoms with E-state index in [9.17, 15) is 0 Å². The van der Waals surface area contributed by atoms with Crippen LogP contribution in [0.4, 0.5) is 0 Å². The molecule has 0 N–H and O–H groups in total. The number of aromatic nitrogens is 1. The van der Waals surface area contributed by atoms with E-state index in [1.54, 1.807) is 0 Å². The van der Waals surface area contributed by atoms with Crippen molar-refractivity contribution < 1.29 is 0 Å². The SMILES string of the molecule is BrCc1nc(C(Br)Br)cc2ccccc12. The van der Waals surface area contributed by atoms with E-state index in [-0.39, 0.29) is 3.74 Å². The zero-order valence-electron chi connectivity index (χ0n) is 7.75. The number of hydrogen-bond donors (Lipinski definition) is 0. The topological polar surface area (TPSA) is 12.9 Å². The van der Waals surface area contributed by atoms with Gasteiger partial charge < -0.3 is 0 Å². The molecule has 15 heavy (non-hydrogen) atoms. The second-order valence-corrected chi connectivity index (χ2v) is 6.77. The van der Waals surface area contributed by atoms with Crippen LogP contribution in [0.1, 0.15) is 15.1 Å². The van der Waals surface area contributed by atoms with Gasteiger partial charge in [-0.05, 0) is 11.5 Å². The van der Waals surface area contributed by atoms with Gasteiger partial charge in [0.15, 0.2) is 0 Å². The first-order chi connectivity index (χ1) is 7.22. The van der Waals surface area contributed by atoms with Crippen molar-refractivity contribution in [3.8, 4) is 0 Å². The molecule has 78 valence electrons. The van der Waals surface area contributed by atoms with Crippen LogP contribution in [0.3, 0.4) is 0 Å². The molecule has 1 aromatic carbocycles. The van der Waals surface area contributed by atoms with Gasteiger partial charge in [-0.15, -0.1) is 0 Å². The molecular weight excluding hydrogens is 386 g/mol. The molecule has 0 fully saturated rings. The Bertz CT molecular complexity index is 482. The third kappa shape index (κ3) is 2.43. The second kappa shape index (κ2) is 4.93. The summed E-state index contributed by atoms with van der Waals surface area (Å²) in [6.45, 7) is 0. The molecule has 0 atom stereocenters. The molecule has 0 amide bonds. The maximum Gasteiger partial charge on any atom is 0.112 e. The van der Waals surface area contributed by atoms with Crippen molar-refractivity contribution in [3.05, 3.63) is 41.7 Å². The first kappa shape index (κ1) is 11.6. The number of hydrogen-bond acceptors (Lipinski definition) is 1. The Labute approximate surface area is 114 Å². The van der Waals surface area contributed by atoms with E-state index in [2.05, 4.69) is 71.0 Å². The van der Waals surface area contributed by atoms with Gasteiger partial charge in [-0.3, -0.25) is 4.98 Å². The number of halogens is 3. The highest BCUT2D eigenvalue weighted by Crippen LogP contribution is 2.31. The Morgan fingerprint density at radius 3 is 2.60 bits per heavy atom. The van der Waals surface area contributed by atoms with Crippen LogP contribution in [-0.2, 0) is 5.33 Å². The Morgan fingerprint density at radius 2 is 1.93 bits per heavy atom. The fourth-order valence-corrected chi connectivity index (χ4v) is 2.40. The van der Waals surface area contributed by atoms with E-state index >= 15 is 0 Å². The lowest BCUT2D eigenvalue weighted by atomic mass is 10.1. The molecule has 0 bridgehead atoms. The Balaban J connectivity index is 2.71. The number of benzene rings is 1. The molecule has 0 spiro atoms. The molecule has 2 aromatic rings. The van der Waals surface area contributed by atoms with Gasteiger partial charge in [0.2, 0.25) is 0 Å². The van der Waals surface area contributed by atoms with Crippen LogP contribution in [0.5, 0.6) is 0 Å². The molecule has 0 unspecified atom stereocenters. The number of rotatable bonds is 2. The Hall–Kier alpha value is 0.0700. The number of nitrogens with zero attached hydrogens (tertiary/aromatic N) is 1. The fourth-order valence-electron chi connectivity index (χ4n) is 1.51. The van der Waals surface area contributed by atoms with Crippen molar-refractivity contribution in [2.75, 3.05) is 0 Å². The smallest absolute Gasteiger partial charge is 0.112 e. The first-order valence-corrected chi connectivity index (χ1v) is 7.40. The first-order valence-electron chi connectivity index (χ1n) is 4.45. The van der Waals surface area contributed by atoms with Crippen molar-refractivity contribution >= 4 is 58.6 Å². The summed E-state index contributed by atoms with van der Waals surface area (Å²) in [6, 6.07) is 10.4. The van der Waals surface area contributed by atoms with Crippen LogP contribution in [0, 0.1) is 0 Å². The van der Waals surface area contributed by atoms with Crippen LogP contribution in [-0.4, -0.2) is 4.98 Å². The molecule has 1 aromatic heterocycles. The van der Waals surface area contributed by atoms with E-state index in [0.29, 0.717) is 0 Å². The van der Waals surface area contributed by atoms with Gasteiger partial charge in [-0.2, -0.15) is 0 Å². The normalized spacial score (nSPS) is 11.2. The molecule has 1 heterocycles. The highest BCUT2D eigenvalue weighted by Gasteiger charge is 2.08. The monoisotopic (exact) mass is 391 g/mol. The summed E-state index contributed by atoms with van der Waals surface area (Å²) in [7, 11) is 0. The van der Waals surface area contributed by atoms with E-state index in [1.807, 2.05) is 12.1 Å². The van der Waals surface area contributed by atoms with Crippen molar-refractivity contribution in [2.24, 2.45) is 0 Å². The highest BCUT2D eigenvalue weighted by atomic mass is 79.9. The minimum absolute atomic E-state index is 0.104. The quantitative estimate of drug-likeness (QED) is 0.660. The van der Waals surface area contributed by atoms with Gasteiger partial charge in [-0.25, -0.2) is 0 Å². The Morgan fingerprint density at radius 1 is 1.20 bits per heavy atom. The third-order valence-corrected chi connectivity index (χ3v) is 3.66. The van der Waals surface area contributed by atoms with Crippen molar-refractivity contribution in [1.29, 1.82) is 0 Å². The lowest BCUT2D eigenvalue weighted by Gasteiger charge is -2.08. The van der Waals surface area contributed by atoms with E-state index in [1.165, 1.54) is 10.8 Å². The maximum atomic E-state index is 4.58. The minimum Gasteiger partial charge on any atom is -0.254 e. The molecule has 2 rings (SSSR count). The lowest BCUT2D eigenvalue weighted by Crippen LogP contribution is -1.94. The van der Waals surface area contributed by atoms with Crippen LogP contribution < -0.4 is 0 Å². The summed E-state index contributed by atoms with van der Waals surface area (Å²) in [5.74, 6) is 0. The number of pyridine rings is 1. The maximum absolute atomic E-state index is 4.58. The standard InChI is InChI=1S/C11H8Br3N/c12-6-10-8-4-2-1-3-7(8)5-9(15-10)11(13)14/h1-5,11H,6H2. The van der Waals surface area contributed by atoms with Gasteiger partial charge in [0.05, 0.1) is 11.4 Å². The fraction of sp³-hybridized carbons (Fsp3) is 0.182. The van der Waals surface area contributed by atoms with Crippen molar-refractivity contribution in [1.82, 2.24) is 4.98 Å². The molecule has 1 nitrogen and oxygen atoms in total. The average molecular weight is 394 g/mol. The predicted molar refractivity (Wildman–Crippen MR) is 75.0 cm³/mol. The molecule has 0 aliphatic rings. The van der Waals surface area contributed by atoms with Gasteiger partial charge in [0, 0.05) is 10.7 Å². The summed E-state index contributed by atoms with van der Waals surface area (Å²) < 4.78 is 0.104. The van der Waals surface area contributed by atoms with Gasteiger partial charge in [0.25, 0.3) is 0 Å². The van der Waals surface area contributed by atoms with Crippen LogP contribution in [0.25, 0.3) is 10.8 Å². The summed E-state index contributed by atoms with van der Waals surface area (Å²) in [6.07, 6.45) is 0. The number of alkyl halides is 3.